The molecule has 6 heteroatoms. The summed E-state index contributed by atoms with van der Waals surface area (Å²) in [6, 6.07) is 21.6. The molecule has 160 valence electrons. The Bertz CT molecular complexity index is 1410. The lowest BCUT2D eigenvalue weighted by Crippen LogP contribution is -2.30. The summed E-state index contributed by atoms with van der Waals surface area (Å²) < 4.78 is 12.2. The smallest absolute Gasteiger partial charge is 0.264 e. The van der Waals surface area contributed by atoms with Gasteiger partial charge in [0.25, 0.3) is 5.91 Å². The van der Waals surface area contributed by atoms with E-state index in [4.69, 9.17) is 14.1 Å². The monoisotopic (exact) mass is 442 g/mol. The van der Waals surface area contributed by atoms with Crippen molar-refractivity contribution in [1.29, 1.82) is 0 Å². The van der Waals surface area contributed by atoms with E-state index in [9.17, 15) is 4.79 Å². The number of hydrogen-bond donors (Lipinski definition) is 0. The highest BCUT2D eigenvalue weighted by molar-refractivity contribution is 7.22. The first-order chi connectivity index (χ1) is 15.7. The molecule has 1 amide bonds. The molecular weight excluding hydrogens is 420 g/mol. The number of rotatable bonds is 6. The van der Waals surface area contributed by atoms with Crippen LogP contribution in [-0.2, 0) is 13.0 Å². The maximum atomic E-state index is 13.9. The average Bonchev–Trinajstić information content (AvgIpc) is 3.50. The number of benzene rings is 3. The topological polar surface area (TPSA) is 55.6 Å². The largest absolute Gasteiger partial charge is 0.496 e. The van der Waals surface area contributed by atoms with Crippen LogP contribution >= 0.6 is 11.3 Å². The van der Waals surface area contributed by atoms with Crippen molar-refractivity contribution in [3.05, 3.63) is 89.9 Å². The Kier molecular flexibility index (Phi) is 5.37. The lowest BCUT2D eigenvalue weighted by molar-refractivity contribution is 0.0980. The van der Waals surface area contributed by atoms with Crippen LogP contribution in [0.5, 0.6) is 5.75 Å². The Morgan fingerprint density at radius 1 is 1.06 bits per heavy atom. The van der Waals surface area contributed by atoms with Crippen molar-refractivity contribution >= 4 is 43.4 Å². The number of aromatic nitrogens is 1. The molecule has 0 N–H and O–H groups in total. The number of thiazole rings is 1. The van der Waals surface area contributed by atoms with Crippen LogP contribution < -0.4 is 9.64 Å². The van der Waals surface area contributed by atoms with E-state index < -0.39 is 0 Å². The molecule has 0 spiro atoms. The molecule has 0 radical (unpaired) electrons. The van der Waals surface area contributed by atoms with Gasteiger partial charge in [0.1, 0.15) is 11.5 Å². The van der Waals surface area contributed by atoms with Gasteiger partial charge in [-0.2, -0.15) is 0 Å². The Morgan fingerprint density at radius 2 is 1.88 bits per heavy atom. The van der Waals surface area contributed by atoms with Gasteiger partial charge in [0.05, 0.1) is 35.7 Å². The highest BCUT2D eigenvalue weighted by Gasteiger charge is 2.25. The summed E-state index contributed by atoms with van der Waals surface area (Å²) in [6.45, 7) is 2.41. The van der Waals surface area contributed by atoms with E-state index in [1.54, 1.807) is 18.3 Å². The van der Waals surface area contributed by atoms with E-state index in [1.165, 1.54) is 16.9 Å². The van der Waals surface area contributed by atoms with Crippen molar-refractivity contribution in [2.45, 2.75) is 19.9 Å². The summed E-state index contributed by atoms with van der Waals surface area (Å²) in [4.78, 5) is 20.3. The molecule has 0 aliphatic heterocycles. The standard InChI is InChI=1S/C26H22N2O3S/c1-3-17-10-11-22-24(13-17)32-26(27-22)28(16-20-9-6-12-31-20)25(29)21-14-18-7-4-5-8-19(18)15-23(21)30-2/h4-15H,3,16H2,1-2H3. The second kappa shape index (κ2) is 8.48. The normalized spacial score (nSPS) is 11.2. The van der Waals surface area contributed by atoms with Gasteiger partial charge in [-0.3, -0.25) is 9.69 Å². The van der Waals surface area contributed by atoms with Gasteiger partial charge in [-0.25, -0.2) is 4.98 Å². The minimum atomic E-state index is -0.182. The molecule has 2 heterocycles. The van der Waals surface area contributed by atoms with Crippen molar-refractivity contribution in [1.82, 2.24) is 4.98 Å². The van der Waals surface area contributed by atoms with Crippen LogP contribution in [0.4, 0.5) is 5.13 Å². The zero-order valence-electron chi connectivity index (χ0n) is 17.9. The first-order valence-corrected chi connectivity index (χ1v) is 11.3. The summed E-state index contributed by atoms with van der Waals surface area (Å²) in [6.07, 6.45) is 2.56. The second-order valence-corrected chi connectivity index (χ2v) is 8.53. The van der Waals surface area contributed by atoms with Gasteiger partial charge in [0.2, 0.25) is 0 Å². The van der Waals surface area contributed by atoms with Gasteiger partial charge in [-0.15, -0.1) is 0 Å². The molecule has 5 aromatic rings. The fraction of sp³-hybridized carbons (Fsp3) is 0.154. The maximum absolute atomic E-state index is 13.9. The van der Waals surface area contributed by atoms with E-state index in [0.717, 1.165) is 27.4 Å². The Labute approximate surface area is 189 Å². The van der Waals surface area contributed by atoms with Gasteiger partial charge >= 0.3 is 0 Å². The van der Waals surface area contributed by atoms with Crippen molar-refractivity contribution in [2.24, 2.45) is 0 Å². The highest BCUT2D eigenvalue weighted by Crippen LogP contribution is 2.34. The summed E-state index contributed by atoms with van der Waals surface area (Å²) in [5, 5.41) is 2.63. The third-order valence-corrected chi connectivity index (χ3v) is 6.56. The number of nitrogens with zero attached hydrogens (tertiary/aromatic N) is 2. The zero-order chi connectivity index (χ0) is 22.1. The molecule has 5 nitrogen and oxygen atoms in total. The van der Waals surface area contributed by atoms with Crippen LogP contribution in [0, 0.1) is 0 Å². The van der Waals surface area contributed by atoms with Crippen LogP contribution in [0.1, 0.15) is 28.6 Å². The predicted molar refractivity (Wildman–Crippen MR) is 129 cm³/mol. The summed E-state index contributed by atoms with van der Waals surface area (Å²) >= 11 is 1.51. The predicted octanol–water partition coefficient (Wildman–Crippen LogP) is 6.46. The Morgan fingerprint density at radius 3 is 2.59 bits per heavy atom. The lowest BCUT2D eigenvalue weighted by Gasteiger charge is -2.20. The number of amides is 1. The number of ether oxygens (including phenoxy) is 1. The summed E-state index contributed by atoms with van der Waals surface area (Å²) in [7, 11) is 1.59. The number of methoxy groups -OCH3 is 1. The molecular formula is C26H22N2O3S. The molecule has 0 aliphatic carbocycles. The molecule has 5 rings (SSSR count). The fourth-order valence-corrected chi connectivity index (χ4v) is 4.80. The van der Waals surface area contributed by atoms with Gasteiger partial charge in [0.15, 0.2) is 5.13 Å². The fourth-order valence-electron chi connectivity index (χ4n) is 3.78. The number of hydrogen-bond acceptors (Lipinski definition) is 5. The van der Waals surface area contributed by atoms with E-state index >= 15 is 0 Å². The van der Waals surface area contributed by atoms with E-state index in [1.807, 2.05) is 54.6 Å². The number of furan rings is 1. The molecule has 0 aliphatic rings. The summed E-state index contributed by atoms with van der Waals surface area (Å²) in [5.74, 6) is 1.04. The van der Waals surface area contributed by atoms with Crippen LogP contribution in [0.3, 0.4) is 0 Å². The molecule has 32 heavy (non-hydrogen) atoms. The Balaban J connectivity index is 1.62. The number of carbonyl (C=O) groups is 1. The molecule has 3 aromatic carbocycles. The maximum Gasteiger partial charge on any atom is 0.264 e. The molecule has 0 saturated heterocycles. The molecule has 0 fully saturated rings. The minimum Gasteiger partial charge on any atom is -0.496 e. The minimum absolute atomic E-state index is 0.182. The zero-order valence-corrected chi connectivity index (χ0v) is 18.7. The SMILES string of the molecule is CCc1ccc2nc(N(Cc3ccco3)C(=O)c3cc4ccccc4cc3OC)sc2c1. The molecule has 0 atom stereocenters. The van der Waals surface area contributed by atoms with Crippen molar-refractivity contribution in [3.8, 4) is 5.75 Å². The third-order valence-electron chi connectivity index (χ3n) is 5.52. The van der Waals surface area contributed by atoms with E-state index in [2.05, 4.69) is 19.1 Å². The highest BCUT2D eigenvalue weighted by atomic mass is 32.1. The van der Waals surface area contributed by atoms with Crippen LogP contribution in [0.15, 0.2) is 77.4 Å². The number of anilines is 1. The van der Waals surface area contributed by atoms with Crippen LogP contribution in [-0.4, -0.2) is 18.0 Å². The van der Waals surface area contributed by atoms with Gasteiger partial charge in [-0.1, -0.05) is 48.6 Å². The van der Waals surface area contributed by atoms with Crippen molar-refractivity contribution < 1.29 is 13.9 Å². The van der Waals surface area contributed by atoms with E-state index in [0.29, 0.717) is 22.2 Å². The first kappa shape index (κ1) is 20.3. The second-order valence-electron chi connectivity index (χ2n) is 7.52. The van der Waals surface area contributed by atoms with Gasteiger partial charge < -0.3 is 9.15 Å². The number of fused-ring (bicyclic) bond motifs is 2. The quantitative estimate of drug-likeness (QED) is 0.303. The third kappa shape index (κ3) is 3.74. The van der Waals surface area contributed by atoms with Crippen molar-refractivity contribution in [3.63, 3.8) is 0 Å². The average molecular weight is 443 g/mol. The molecule has 0 bridgehead atoms. The number of carbonyl (C=O) groups excluding carboxylic acids is 1. The Hall–Kier alpha value is -3.64. The van der Waals surface area contributed by atoms with Crippen molar-refractivity contribution in [2.75, 3.05) is 12.0 Å². The summed E-state index contributed by atoms with van der Waals surface area (Å²) in [5.41, 5.74) is 2.61. The van der Waals surface area contributed by atoms with E-state index in [-0.39, 0.29) is 12.5 Å². The van der Waals surface area contributed by atoms with Crippen LogP contribution in [0.25, 0.3) is 21.0 Å². The molecule has 2 aromatic heterocycles. The number of aryl methyl sites for hydroxylation is 1. The van der Waals surface area contributed by atoms with Gasteiger partial charge in [0, 0.05) is 0 Å². The lowest BCUT2D eigenvalue weighted by atomic mass is 10.0. The first-order valence-electron chi connectivity index (χ1n) is 10.5. The molecule has 0 saturated carbocycles. The van der Waals surface area contributed by atoms with Crippen LogP contribution in [0.2, 0.25) is 0 Å². The molecule has 0 unspecified atom stereocenters. The van der Waals surface area contributed by atoms with Gasteiger partial charge in [-0.05, 0) is 59.2 Å².